The van der Waals surface area contributed by atoms with Crippen molar-refractivity contribution in [2.45, 2.75) is 17.4 Å². The Bertz CT molecular complexity index is 626. The minimum Gasteiger partial charge on any atom is -0.480 e. The van der Waals surface area contributed by atoms with E-state index in [4.69, 9.17) is 23.2 Å². The van der Waals surface area contributed by atoms with Gasteiger partial charge in [0.05, 0.1) is 10.0 Å². The highest BCUT2D eigenvalue weighted by molar-refractivity contribution is 7.80. The van der Waals surface area contributed by atoms with E-state index >= 15 is 0 Å². The van der Waals surface area contributed by atoms with Crippen LogP contribution in [0.5, 0.6) is 0 Å². The number of hydrogen-bond donors (Lipinski definition) is 3. The Morgan fingerprint density at radius 1 is 1.19 bits per heavy atom. The molecule has 0 aromatic heterocycles. The summed E-state index contributed by atoms with van der Waals surface area (Å²) < 4.78 is 0. The normalized spacial score (nSPS) is 12.0. The van der Waals surface area contributed by atoms with Crippen molar-refractivity contribution in [1.29, 1.82) is 0 Å². The van der Waals surface area contributed by atoms with Gasteiger partial charge in [-0.1, -0.05) is 53.5 Å². The number of carbonyl (C=O) groups is 1. The van der Waals surface area contributed by atoms with Gasteiger partial charge in [-0.15, -0.1) is 12.6 Å². The van der Waals surface area contributed by atoms with Crippen LogP contribution in [-0.2, 0) is 11.2 Å². The molecule has 0 spiro atoms. The molecular formula is C15H13Cl2NO2S. The van der Waals surface area contributed by atoms with Gasteiger partial charge < -0.3 is 10.4 Å². The smallest absolute Gasteiger partial charge is 0.326 e. The van der Waals surface area contributed by atoms with Crippen LogP contribution >= 0.6 is 35.8 Å². The van der Waals surface area contributed by atoms with E-state index in [1.54, 1.807) is 12.1 Å². The van der Waals surface area contributed by atoms with Crippen LogP contribution in [0.3, 0.4) is 0 Å². The van der Waals surface area contributed by atoms with Crippen LogP contribution in [0.1, 0.15) is 5.56 Å². The number of anilines is 1. The fraction of sp³-hybridized carbons (Fsp3) is 0.133. The molecule has 3 nitrogen and oxygen atoms in total. The summed E-state index contributed by atoms with van der Waals surface area (Å²) in [7, 11) is 0. The van der Waals surface area contributed by atoms with Crippen molar-refractivity contribution < 1.29 is 9.90 Å². The van der Waals surface area contributed by atoms with Crippen molar-refractivity contribution in [3.63, 3.8) is 0 Å². The Morgan fingerprint density at radius 2 is 1.76 bits per heavy atom. The standard InChI is InChI=1S/C15H13Cl2NO2S/c16-11-7-10(8-12(17)14(11)21)18-13(15(19)20)6-9-4-2-1-3-5-9/h1-5,7-8,13,18,21H,6H2,(H,19,20). The molecule has 0 saturated heterocycles. The predicted molar refractivity (Wildman–Crippen MR) is 88.9 cm³/mol. The van der Waals surface area contributed by atoms with Crippen LogP contribution in [0.15, 0.2) is 47.4 Å². The number of carboxylic acids is 1. The molecule has 0 bridgehead atoms. The Labute approximate surface area is 138 Å². The molecule has 0 aliphatic heterocycles. The average Bonchev–Trinajstić information content (AvgIpc) is 2.45. The lowest BCUT2D eigenvalue weighted by Crippen LogP contribution is -2.31. The number of hydrogen-bond acceptors (Lipinski definition) is 3. The second-order valence-corrected chi connectivity index (χ2v) is 5.77. The van der Waals surface area contributed by atoms with Crippen molar-refractivity contribution in [3.8, 4) is 0 Å². The average molecular weight is 342 g/mol. The molecule has 2 aromatic carbocycles. The van der Waals surface area contributed by atoms with Crippen molar-refractivity contribution in [1.82, 2.24) is 0 Å². The first-order valence-electron chi connectivity index (χ1n) is 6.18. The second kappa shape index (κ2) is 7.07. The van der Waals surface area contributed by atoms with Gasteiger partial charge in [0.25, 0.3) is 0 Å². The fourth-order valence-electron chi connectivity index (χ4n) is 1.90. The van der Waals surface area contributed by atoms with Crippen molar-refractivity contribution in [3.05, 3.63) is 58.1 Å². The molecular weight excluding hydrogens is 329 g/mol. The molecule has 1 unspecified atom stereocenters. The van der Waals surface area contributed by atoms with Crippen LogP contribution in [0.25, 0.3) is 0 Å². The number of nitrogens with one attached hydrogen (secondary N) is 1. The summed E-state index contributed by atoms with van der Waals surface area (Å²) in [6, 6.07) is 11.8. The lowest BCUT2D eigenvalue weighted by atomic mass is 10.1. The Morgan fingerprint density at radius 3 is 2.29 bits per heavy atom. The van der Waals surface area contributed by atoms with Gasteiger partial charge in [0.2, 0.25) is 0 Å². The molecule has 2 rings (SSSR count). The molecule has 2 aromatic rings. The molecule has 110 valence electrons. The number of rotatable bonds is 5. The molecule has 0 radical (unpaired) electrons. The third-order valence-corrected chi connectivity index (χ3v) is 4.28. The molecule has 21 heavy (non-hydrogen) atoms. The summed E-state index contributed by atoms with van der Waals surface area (Å²) >= 11 is 16.2. The summed E-state index contributed by atoms with van der Waals surface area (Å²) in [5.41, 5.74) is 1.48. The highest BCUT2D eigenvalue weighted by Gasteiger charge is 2.18. The van der Waals surface area contributed by atoms with E-state index in [2.05, 4.69) is 17.9 Å². The predicted octanol–water partition coefficient (Wildman–Crippen LogP) is 4.39. The van der Waals surface area contributed by atoms with E-state index in [0.29, 0.717) is 27.0 Å². The SMILES string of the molecule is O=C(O)C(Cc1ccccc1)Nc1cc(Cl)c(S)c(Cl)c1. The van der Waals surface area contributed by atoms with Crippen LogP contribution in [0, 0.1) is 0 Å². The van der Waals surface area contributed by atoms with Crippen molar-refractivity contribution in [2.75, 3.05) is 5.32 Å². The van der Waals surface area contributed by atoms with Crippen LogP contribution in [0.4, 0.5) is 5.69 Å². The topological polar surface area (TPSA) is 49.3 Å². The summed E-state index contributed by atoms with van der Waals surface area (Å²) in [5, 5.41) is 13.0. The monoisotopic (exact) mass is 341 g/mol. The van der Waals surface area contributed by atoms with Crippen molar-refractivity contribution in [2.24, 2.45) is 0 Å². The van der Waals surface area contributed by atoms with Gasteiger partial charge in [-0.05, 0) is 17.7 Å². The van der Waals surface area contributed by atoms with E-state index in [0.717, 1.165) is 5.56 Å². The lowest BCUT2D eigenvalue weighted by Gasteiger charge is -2.17. The number of halogens is 2. The molecule has 2 N–H and O–H groups in total. The van der Waals surface area contributed by atoms with E-state index in [-0.39, 0.29) is 0 Å². The number of aliphatic carboxylic acids is 1. The lowest BCUT2D eigenvalue weighted by molar-refractivity contribution is -0.137. The Balaban J connectivity index is 2.19. The fourth-order valence-corrected chi connectivity index (χ4v) is 2.52. The number of thiol groups is 1. The minimum absolute atomic E-state index is 0.355. The van der Waals surface area contributed by atoms with Gasteiger partial charge in [-0.2, -0.15) is 0 Å². The molecule has 0 aliphatic rings. The zero-order chi connectivity index (χ0) is 15.4. The highest BCUT2D eigenvalue weighted by atomic mass is 35.5. The molecule has 1 atom stereocenters. The number of carboxylic acid groups (broad SMARTS) is 1. The van der Waals surface area contributed by atoms with Gasteiger partial charge in [0.15, 0.2) is 0 Å². The molecule has 0 fully saturated rings. The van der Waals surface area contributed by atoms with Crippen LogP contribution in [0.2, 0.25) is 10.0 Å². The van der Waals surface area contributed by atoms with Gasteiger partial charge in [0.1, 0.15) is 6.04 Å². The maximum atomic E-state index is 11.4. The maximum Gasteiger partial charge on any atom is 0.326 e. The van der Waals surface area contributed by atoms with Crippen molar-refractivity contribution >= 4 is 47.5 Å². The first-order valence-corrected chi connectivity index (χ1v) is 7.39. The first kappa shape index (κ1) is 16.0. The zero-order valence-electron chi connectivity index (χ0n) is 10.9. The summed E-state index contributed by atoms with van der Waals surface area (Å²) in [6.07, 6.45) is 0.355. The maximum absolute atomic E-state index is 11.4. The van der Waals surface area contributed by atoms with Crippen LogP contribution in [-0.4, -0.2) is 17.1 Å². The minimum atomic E-state index is -0.943. The van der Waals surface area contributed by atoms with E-state index in [1.165, 1.54) is 0 Å². The zero-order valence-corrected chi connectivity index (χ0v) is 13.3. The quantitative estimate of drug-likeness (QED) is 0.707. The summed E-state index contributed by atoms with van der Waals surface area (Å²) in [5.74, 6) is -0.943. The van der Waals surface area contributed by atoms with Crippen LogP contribution < -0.4 is 5.32 Å². The molecule has 0 aliphatic carbocycles. The third-order valence-electron chi connectivity index (χ3n) is 2.94. The summed E-state index contributed by atoms with van der Waals surface area (Å²) in [6.45, 7) is 0. The Kier molecular flexibility index (Phi) is 5.39. The second-order valence-electron chi connectivity index (χ2n) is 4.51. The highest BCUT2D eigenvalue weighted by Crippen LogP contribution is 2.32. The van der Waals surface area contributed by atoms with Gasteiger partial charge in [-0.3, -0.25) is 0 Å². The summed E-state index contributed by atoms with van der Waals surface area (Å²) in [4.78, 5) is 11.9. The van der Waals surface area contributed by atoms with Gasteiger partial charge in [0, 0.05) is 17.0 Å². The van der Waals surface area contributed by atoms with E-state index in [1.807, 2.05) is 30.3 Å². The third kappa shape index (κ3) is 4.30. The first-order chi connectivity index (χ1) is 9.97. The van der Waals surface area contributed by atoms with E-state index in [9.17, 15) is 9.90 Å². The molecule has 0 saturated carbocycles. The molecule has 0 amide bonds. The van der Waals surface area contributed by atoms with Gasteiger partial charge >= 0.3 is 5.97 Å². The molecule has 0 heterocycles. The molecule has 6 heteroatoms. The largest absolute Gasteiger partial charge is 0.480 e. The Hall–Kier alpha value is -1.36. The van der Waals surface area contributed by atoms with Gasteiger partial charge in [-0.25, -0.2) is 4.79 Å². The van der Waals surface area contributed by atoms with E-state index < -0.39 is 12.0 Å². The number of benzene rings is 2.